The molecule has 0 aliphatic rings. The van der Waals surface area contributed by atoms with Crippen molar-refractivity contribution >= 4 is 34.0 Å². The molecule has 12 heteroatoms. The zero-order chi connectivity index (χ0) is 26.9. The average Bonchev–Trinajstić information content (AvgIpc) is 3.32. The predicted molar refractivity (Wildman–Crippen MR) is 139 cm³/mol. The van der Waals surface area contributed by atoms with Crippen LogP contribution in [-0.2, 0) is 11.3 Å². The number of aliphatic hydroxyl groups excluding tert-OH is 1. The number of halogens is 2. The van der Waals surface area contributed by atoms with E-state index in [4.69, 9.17) is 9.84 Å². The normalized spacial score (nSPS) is 11.2. The fourth-order valence-electron chi connectivity index (χ4n) is 3.87. The van der Waals surface area contributed by atoms with E-state index in [1.165, 1.54) is 47.5 Å². The molecule has 38 heavy (non-hydrogen) atoms. The number of nitrogens with one attached hydrogen (secondary N) is 2. The molecule has 0 radical (unpaired) electrons. The molecular weight excluding hydrogens is 496 g/mol. The van der Waals surface area contributed by atoms with E-state index >= 15 is 0 Å². The Hall–Kier alpha value is -4.16. The third-order valence-corrected chi connectivity index (χ3v) is 5.74. The molecule has 3 N–H and O–H groups in total. The zero-order valence-electron chi connectivity index (χ0n) is 20.9. The van der Waals surface area contributed by atoms with Crippen LogP contribution in [0.15, 0.2) is 55.1 Å². The second-order valence-corrected chi connectivity index (χ2v) is 8.49. The van der Waals surface area contributed by atoms with E-state index in [1.54, 1.807) is 12.3 Å². The Labute approximate surface area is 218 Å². The van der Waals surface area contributed by atoms with Gasteiger partial charge in [0.1, 0.15) is 24.5 Å². The molecule has 0 unspecified atom stereocenters. The molecule has 0 saturated heterocycles. The average molecular weight is 526 g/mol. The van der Waals surface area contributed by atoms with Gasteiger partial charge in [-0.2, -0.15) is 5.10 Å². The third-order valence-electron chi connectivity index (χ3n) is 5.74. The van der Waals surface area contributed by atoms with Gasteiger partial charge < -0.3 is 25.4 Å². The number of aromatic nitrogens is 4. The highest BCUT2D eigenvalue weighted by atomic mass is 19.1. The van der Waals surface area contributed by atoms with Gasteiger partial charge >= 0.3 is 0 Å². The van der Waals surface area contributed by atoms with Gasteiger partial charge in [0, 0.05) is 36.4 Å². The van der Waals surface area contributed by atoms with Crippen LogP contribution < -0.4 is 15.4 Å². The second-order valence-electron chi connectivity index (χ2n) is 8.49. The number of amides is 1. The molecule has 2 aromatic carbocycles. The Morgan fingerprint density at radius 3 is 2.82 bits per heavy atom. The summed E-state index contributed by atoms with van der Waals surface area (Å²) in [7, 11) is 0. The molecule has 2 aromatic heterocycles. The van der Waals surface area contributed by atoms with Gasteiger partial charge in [0.15, 0.2) is 11.6 Å². The number of ether oxygens (including phenoxy) is 1. The van der Waals surface area contributed by atoms with Crippen LogP contribution in [0.1, 0.15) is 13.3 Å². The maximum Gasteiger partial charge on any atom is 0.246 e. The quantitative estimate of drug-likeness (QED) is 0.227. The van der Waals surface area contributed by atoms with Crippen molar-refractivity contribution in [3.8, 4) is 5.75 Å². The molecule has 1 amide bonds. The molecule has 4 rings (SSSR count). The Morgan fingerprint density at radius 2 is 2.03 bits per heavy atom. The van der Waals surface area contributed by atoms with E-state index in [2.05, 4.69) is 30.6 Å². The number of hydrogen-bond acceptors (Lipinski definition) is 8. The summed E-state index contributed by atoms with van der Waals surface area (Å²) in [6.07, 6.45) is 5.15. The topological polar surface area (TPSA) is 117 Å². The van der Waals surface area contributed by atoms with Gasteiger partial charge in [-0.15, -0.1) is 0 Å². The third kappa shape index (κ3) is 7.20. The fourth-order valence-corrected chi connectivity index (χ4v) is 3.87. The minimum absolute atomic E-state index is 0.0892. The number of fused-ring (bicyclic) bond motifs is 1. The highest BCUT2D eigenvalue weighted by Gasteiger charge is 2.13. The largest absolute Gasteiger partial charge is 0.490 e. The maximum absolute atomic E-state index is 14.8. The summed E-state index contributed by atoms with van der Waals surface area (Å²) in [4.78, 5) is 22.8. The van der Waals surface area contributed by atoms with Gasteiger partial charge in [0.05, 0.1) is 30.6 Å². The van der Waals surface area contributed by atoms with Crippen LogP contribution in [0.2, 0.25) is 0 Å². The Kier molecular flexibility index (Phi) is 9.11. The lowest BCUT2D eigenvalue weighted by molar-refractivity contribution is -0.116. The van der Waals surface area contributed by atoms with Crippen molar-refractivity contribution in [2.75, 3.05) is 43.5 Å². The molecule has 200 valence electrons. The highest BCUT2D eigenvalue weighted by molar-refractivity contribution is 5.92. The van der Waals surface area contributed by atoms with Crippen molar-refractivity contribution in [1.29, 1.82) is 0 Å². The predicted octanol–water partition coefficient (Wildman–Crippen LogP) is 3.57. The van der Waals surface area contributed by atoms with Crippen LogP contribution in [0.3, 0.4) is 0 Å². The fraction of sp³-hybridized carbons (Fsp3) is 0.308. The first kappa shape index (κ1) is 26.9. The summed E-state index contributed by atoms with van der Waals surface area (Å²) < 4.78 is 35.2. The summed E-state index contributed by atoms with van der Waals surface area (Å²) >= 11 is 0. The first-order valence-electron chi connectivity index (χ1n) is 12.2. The van der Waals surface area contributed by atoms with Crippen molar-refractivity contribution in [2.24, 2.45) is 0 Å². The Bertz CT molecular complexity index is 1380. The molecule has 0 bridgehead atoms. The molecule has 0 atom stereocenters. The summed E-state index contributed by atoms with van der Waals surface area (Å²) in [5, 5.41) is 19.4. The smallest absolute Gasteiger partial charge is 0.246 e. The number of hydrogen-bond donors (Lipinski definition) is 3. The summed E-state index contributed by atoms with van der Waals surface area (Å²) in [6.45, 7) is 4.50. The number of anilines is 3. The maximum atomic E-state index is 14.8. The van der Waals surface area contributed by atoms with Gasteiger partial charge in [-0.25, -0.2) is 18.7 Å². The Balaban J connectivity index is 1.38. The van der Waals surface area contributed by atoms with Gasteiger partial charge in [0.2, 0.25) is 5.91 Å². The van der Waals surface area contributed by atoms with E-state index in [1.807, 2.05) is 6.92 Å². The van der Waals surface area contributed by atoms with Crippen molar-refractivity contribution < 1.29 is 23.4 Å². The van der Waals surface area contributed by atoms with Crippen molar-refractivity contribution in [2.45, 2.75) is 19.9 Å². The number of nitrogens with zero attached hydrogens (tertiary/aromatic N) is 5. The Morgan fingerprint density at radius 1 is 1.16 bits per heavy atom. The number of benzene rings is 2. The first-order chi connectivity index (χ1) is 18.4. The van der Waals surface area contributed by atoms with Gasteiger partial charge in [0.25, 0.3) is 0 Å². The van der Waals surface area contributed by atoms with Crippen molar-refractivity contribution in [1.82, 2.24) is 24.6 Å². The molecule has 0 aliphatic heterocycles. The van der Waals surface area contributed by atoms with E-state index in [0.717, 1.165) is 13.1 Å². The van der Waals surface area contributed by atoms with Gasteiger partial charge in [-0.05, 0) is 37.2 Å². The van der Waals surface area contributed by atoms with Crippen LogP contribution in [0.5, 0.6) is 5.75 Å². The lowest BCUT2D eigenvalue weighted by Gasteiger charge is -2.19. The molecule has 0 aliphatic carbocycles. The number of rotatable bonds is 13. The first-order valence-corrected chi connectivity index (χ1v) is 12.2. The van der Waals surface area contributed by atoms with Crippen molar-refractivity contribution in [3.05, 3.63) is 66.8 Å². The van der Waals surface area contributed by atoms with Gasteiger partial charge in [-0.1, -0.05) is 13.0 Å². The van der Waals surface area contributed by atoms with E-state index < -0.39 is 11.6 Å². The summed E-state index contributed by atoms with van der Waals surface area (Å²) in [6, 6.07) is 8.46. The number of carbonyl (C=O) groups excluding carboxylic acids is 1. The summed E-state index contributed by atoms with van der Waals surface area (Å²) in [5.41, 5.74) is 1.38. The number of aliphatic hydroxyl groups is 1. The lowest BCUT2D eigenvalue weighted by Crippen LogP contribution is -2.28. The van der Waals surface area contributed by atoms with E-state index in [-0.39, 0.29) is 24.8 Å². The van der Waals surface area contributed by atoms with Crippen molar-refractivity contribution in [3.63, 3.8) is 0 Å². The second kappa shape index (κ2) is 12.9. The van der Waals surface area contributed by atoms with Crippen LogP contribution in [0.25, 0.3) is 10.9 Å². The monoisotopic (exact) mass is 525 g/mol. The zero-order valence-corrected chi connectivity index (χ0v) is 20.9. The molecule has 0 fully saturated rings. The molecule has 0 saturated carbocycles. The number of carbonyl (C=O) groups is 1. The highest BCUT2D eigenvalue weighted by Crippen LogP contribution is 2.29. The lowest BCUT2D eigenvalue weighted by atomic mass is 10.2. The summed E-state index contributed by atoms with van der Waals surface area (Å²) in [5.74, 6) is -0.889. The SMILES string of the molecule is CCN(CCO)CCCOc1cc2ncnc(Nc3cnn(CC(=O)Nc4cccc(F)c4)c3)c2cc1F. The number of likely N-dealkylation sites (N-methyl/N-ethyl adjacent to an activating group) is 1. The molecular formula is C26H29F2N7O3. The van der Waals surface area contributed by atoms with Crippen LogP contribution in [-0.4, -0.2) is 68.5 Å². The van der Waals surface area contributed by atoms with E-state index in [0.29, 0.717) is 47.7 Å². The minimum Gasteiger partial charge on any atom is -0.490 e. The van der Waals surface area contributed by atoms with Gasteiger partial charge in [-0.3, -0.25) is 9.48 Å². The standard InChI is InChI=1S/C26H29F2N7O3/c1-2-34(8-9-36)7-4-10-38-24-13-23-21(12-22(24)28)26(30-17-29-23)33-20-14-31-35(15-20)16-25(37)32-19-6-3-5-18(27)11-19/h3,5-6,11-15,17,36H,2,4,7-10,16H2,1H3,(H,32,37)(H,29,30,33). The molecule has 10 nitrogen and oxygen atoms in total. The molecule has 0 spiro atoms. The molecule has 4 aromatic rings. The van der Waals surface area contributed by atoms with Crippen LogP contribution >= 0.6 is 0 Å². The van der Waals surface area contributed by atoms with Crippen LogP contribution in [0, 0.1) is 11.6 Å². The molecule has 2 heterocycles. The van der Waals surface area contributed by atoms with E-state index in [9.17, 15) is 13.6 Å². The minimum atomic E-state index is -0.539. The van der Waals surface area contributed by atoms with Crippen LogP contribution in [0.4, 0.5) is 26.0 Å².